The number of carbonyl (C=O) groups excluding carboxylic acids is 1. The summed E-state index contributed by atoms with van der Waals surface area (Å²) in [5, 5.41) is 13.4. The number of aliphatic hydroxyl groups is 1. The molecule has 1 fully saturated rings. The number of hydrogen-bond donors (Lipinski definition) is 2. The first kappa shape index (κ1) is 18.4. The molecule has 0 bridgehead atoms. The Morgan fingerprint density at radius 2 is 1.96 bits per heavy atom. The van der Waals surface area contributed by atoms with Crippen molar-refractivity contribution >= 4 is 5.78 Å². The van der Waals surface area contributed by atoms with E-state index < -0.39 is 6.10 Å². The molecule has 138 valence electrons. The van der Waals surface area contributed by atoms with E-state index in [1.54, 1.807) is 0 Å². The van der Waals surface area contributed by atoms with E-state index in [2.05, 4.69) is 26.1 Å². The highest BCUT2D eigenvalue weighted by atomic mass is 16.5. The Hall–Kier alpha value is -1.39. The summed E-state index contributed by atoms with van der Waals surface area (Å²) >= 11 is 0. The zero-order valence-electron chi connectivity index (χ0n) is 15.7. The van der Waals surface area contributed by atoms with Crippen LogP contribution in [0.4, 0.5) is 0 Å². The van der Waals surface area contributed by atoms with Gasteiger partial charge in [0.2, 0.25) is 0 Å². The first-order chi connectivity index (χ1) is 11.8. The number of aliphatic hydroxyl groups excluding tert-OH is 1. The molecule has 1 spiro atoms. The summed E-state index contributed by atoms with van der Waals surface area (Å²) in [4.78, 5) is 13.0. The van der Waals surface area contributed by atoms with Gasteiger partial charge in [-0.15, -0.1) is 0 Å². The topological polar surface area (TPSA) is 58.6 Å². The maximum Gasteiger partial charge on any atom is 0.169 e. The fourth-order valence-electron chi connectivity index (χ4n) is 4.10. The molecule has 0 radical (unpaired) electrons. The van der Waals surface area contributed by atoms with Gasteiger partial charge in [0.25, 0.3) is 0 Å². The highest BCUT2D eigenvalue weighted by Crippen LogP contribution is 2.49. The number of fused-ring (bicyclic) bond motifs is 1. The number of Topliss-reactive ketones (excluding diaryl/α,β-unsaturated/α-hetero) is 1. The van der Waals surface area contributed by atoms with Gasteiger partial charge in [0.1, 0.15) is 18.5 Å². The SMILES string of the molecule is CC(C)(C)NCC(O)COc1cccc2c1CC1(CCCCC1)C2=O. The van der Waals surface area contributed by atoms with Crippen molar-refractivity contribution < 1.29 is 14.6 Å². The van der Waals surface area contributed by atoms with Crippen molar-refractivity contribution in [2.45, 2.75) is 70.9 Å². The quantitative estimate of drug-likeness (QED) is 0.857. The third-order valence-corrected chi connectivity index (χ3v) is 5.48. The van der Waals surface area contributed by atoms with Crippen molar-refractivity contribution in [2.24, 2.45) is 5.41 Å². The van der Waals surface area contributed by atoms with Crippen LogP contribution < -0.4 is 10.1 Å². The lowest BCUT2D eigenvalue weighted by Gasteiger charge is -2.31. The molecule has 4 heteroatoms. The molecular weight excluding hydrogens is 314 g/mol. The summed E-state index contributed by atoms with van der Waals surface area (Å²) in [6, 6.07) is 5.76. The third-order valence-electron chi connectivity index (χ3n) is 5.48. The van der Waals surface area contributed by atoms with E-state index in [0.29, 0.717) is 12.3 Å². The fourth-order valence-corrected chi connectivity index (χ4v) is 4.10. The molecule has 0 amide bonds. The molecule has 4 nitrogen and oxygen atoms in total. The van der Waals surface area contributed by atoms with E-state index in [4.69, 9.17) is 4.74 Å². The van der Waals surface area contributed by atoms with Crippen LogP contribution in [-0.4, -0.2) is 35.7 Å². The van der Waals surface area contributed by atoms with Crippen LogP contribution >= 0.6 is 0 Å². The largest absolute Gasteiger partial charge is 0.491 e. The Morgan fingerprint density at radius 3 is 2.64 bits per heavy atom. The van der Waals surface area contributed by atoms with Crippen molar-refractivity contribution in [2.75, 3.05) is 13.2 Å². The van der Waals surface area contributed by atoms with Crippen LogP contribution in [0.1, 0.15) is 68.8 Å². The van der Waals surface area contributed by atoms with Crippen molar-refractivity contribution in [1.29, 1.82) is 0 Å². The number of carbonyl (C=O) groups is 1. The maximum absolute atomic E-state index is 13.0. The van der Waals surface area contributed by atoms with Crippen molar-refractivity contribution in [3.63, 3.8) is 0 Å². The normalized spacial score (nSPS) is 20.6. The number of benzene rings is 1. The van der Waals surface area contributed by atoms with Crippen LogP contribution in [0.2, 0.25) is 0 Å². The molecule has 2 aliphatic carbocycles. The van der Waals surface area contributed by atoms with Gasteiger partial charge in [0.05, 0.1) is 0 Å². The third kappa shape index (κ3) is 4.06. The summed E-state index contributed by atoms with van der Waals surface area (Å²) in [5.74, 6) is 1.07. The minimum Gasteiger partial charge on any atom is -0.491 e. The lowest BCUT2D eigenvalue weighted by atomic mass is 9.71. The highest BCUT2D eigenvalue weighted by Gasteiger charge is 2.46. The summed E-state index contributed by atoms with van der Waals surface area (Å²) in [5.41, 5.74) is 1.66. The van der Waals surface area contributed by atoms with Crippen LogP contribution in [-0.2, 0) is 6.42 Å². The minimum atomic E-state index is -0.573. The Labute approximate surface area is 151 Å². The number of nitrogens with one attached hydrogen (secondary N) is 1. The Balaban J connectivity index is 1.67. The van der Waals surface area contributed by atoms with Gasteiger partial charge in [0.15, 0.2) is 5.78 Å². The van der Waals surface area contributed by atoms with Crippen LogP contribution in [0.25, 0.3) is 0 Å². The molecule has 25 heavy (non-hydrogen) atoms. The van der Waals surface area contributed by atoms with Gasteiger partial charge in [-0.2, -0.15) is 0 Å². The monoisotopic (exact) mass is 345 g/mol. The zero-order valence-corrected chi connectivity index (χ0v) is 15.7. The summed E-state index contributed by atoms with van der Waals surface area (Å²) in [6.45, 7) is 6.93. The smallest absolute Gasteiger partial charge is 0.169 e. The molecule has 1 aromatic carbocycles. The van der Waals surface area contributed by atoms with Gasteiger partial charge in [-0.25, -0.2) is 0 Å². The first-order valence-corrected chi connectivity index (χ1v) is 9.53. The number of hydrogen-bond acceptors (Lipinski definition) is 4. The molecule has 1 aromatic rings. The average molecular weight is 345 g/mol. The molecule has 1 saturated carbocycles. The molecule has 0 aromatic heterocycles. The van der Waals surface area contributed by atoms with Crippen LogP contribution in [0, 0.1) is 5.41 Å². The van der Waals surface area contributed by atoms with Crippen LogP contribution in [0.15, 0.2) is 18.2 Å². The van der Waals surface area contributed by atoms with Crippen molar-refractivity contribution in [3.8, 4) is 5.75 Å². The van der Waals surface area contributed by atoms with E-state index >= 15 is 0 Å². The minimum absolute atomic E-state index is 0.0330. The number of rotatable bonds is 5. The molecule has 0 saturated heterocycles. The average Bonchev–Trinajstić information content (AvgIpc) is 2.84. The van der Waals surface area contributed by atoms with E-state index in [1.165, 1.54) is 6.42 Å². The van der Waals surface area contributed by atoms with Crippen LogP contribution in [0.5, 0.6) is 5.75 Å². The lowest BCUT2D eigenvalue weighted by Crippen LogP contribution is -2.42. The number of ketones is 1. The first-order valence-electron chi connectivity index (χ1n) is 9.53. The van der Waals surface area contributed by atoms with Crippen molar-refractivity contribution in [1.82, 2.24) is 5.32 Å². The predicted octanol–water partition coefficient (Wildman–Crippen LogP) is 3.50. The number of β-amino-alcohol motifs (C(OH)–C–C–N with tert-alkyl or cyclic N) is 1. The second kappa shape index (κ2) is 7.08. The standard InChI is InChI=1S/C21H31NO3/c1-20(2,3)22-13-15(23)14-25-18-9-7-8-16-17(18)12-21(19(16)24)10-5-4-6-11-21/h7-9,15,22-23H,4-6,10-14H2,1-3H3. The molecule has 3 rings (SSSR count). The summed E-state index contributed by atoms with van der Waals surface area (Å²) in [7, 11) is 0. The van der Waals surface area contributed by atoms with Gasteiger partial charge >= 0.3 is 0 Å². The van der Waals surface area contributed by atoms with Gasteiger partial charge < -0.3 is 15.2 Å². The zero-order chi connectivity index (χ0) is 18.1. The Morgan fingerprint density at radius 1 is 1.24 bits per heavy atom. The molecule has 1 atom stereocenters. The molecular formula is C21H31NO3. The second-order valence-electron chi connectivity index (χ2n) is 8.72. The van der Waals surface area contributed by atoms with E-state index in [0.717, 1.165) is 49.0 Å². The molecule has 0 heterocycles. The summed E-state index contributed by atoms with van der Waals surface area (Å²) < 4.78 is 5.92. The van der Waals surface area contributed by atoms with E-state index in [9.17, 15) is 9.90 Å². The van der Waals surface area contributed by atoms with Gasteiger partial charge in [-0.3, -0.25) is 4.79 Å². The molecule has 1 unspecified atom stereocenters. The lowest BCUT2D eigenvalue weighted by molar-refractivity contribution is 0.0746. The van der Waals surface area contributed by atoms with Crippen molar-refractivity contribution in [3.05, 3.63) is 29.3 Å². The highest BCUT2D eigenvalue weighted by molar-refractivity contribution is 6.05. The van der Waals surface area contributed by atoms with Crippen LogP contribution in [0.3, 0.4) is 0 Å². The molecule has 0 aliphatic heterocycles. The Bertz CT molecular complexity index is 627. The van der Waals surface area contributed by atoms with Gasteiger partial charge in [0, 0.05) is 28.6 Å². The van der Waals surface area contributed by atoms with E-state index in [1.807, 2.05) is 18.2 Å². The van der Waals surface area contributed by atoms with Gasteiger partial charge in [-0.1, -0.05) is 31.4 Å². The van der Waals surface area contributed by atoms with Gasteiger partial charge in [-0.05, 0) is 46.1 Å². The predicted molar refractivity (Wildman–Crippen MR) is 99.3 cm³/mol. The fraction of sp³-hybridized carbons (Fsp3) is 0.667. The Kier molecular flexibility index (Phi) is 5.21. The summed E-state index contributed by atoms with van der Waals surface area (Å²) in [6.07, 6.45) is 5.75. The van der Waals surface area contributed by atoms with E-state index in [-0.39, 0.29) is 17.6 Å². The number of ether oxygens (including phenoxy) is 1. The molecule has 2 aliphatic rings. The molecule has 2 N–H and O–H groups in total. The second-order valence-corrected chi connectivity index (χ2v) is 8.72. The maximum atomic E-state index is 13.0.